The van der Waals surface area contributed by atoms with Crippen LogP contribution in [0.4, 0.5) is 10.9 Å². The van der Waals surface area contributed by atoms with Crippen LogP contribution in [0.5, 0.6) is 0 Å². The Bertz CT molecular complexity index is 493. The molecule has 0 bridgehead atoms. The first-order valence-electron chi connectivity index (χ1n) is 6.84. The van der Waals surface area contributed by atoms with Crippen molar-refractivity contribution < 1.29 is 4.79 Å². The van der Waals surface area contributed by atoms with Gasteiger partial charge in [-0.15, -0.1) is 0 Å². The van der Waals surface area contributed by atoms with Crippen LogP contribution in [0.25, 0.3) is 0 Å². The number of thiazole rings is 1. The third-order valence-electron chi connectivity index (χ3n) is 3.24. The maximum Gasteiger partial charge on any atom is 0.267 e. The molecule has 1 saturated heterocycles. The van der Waals surface area contributed by atoms with Crippen LogP contribution < -0.4 is 16.8 Å². The van der Waals surface area contributed by atoms with Crippen LogP contribution in [0.15, 0.2) is 0 Å². The van der Waals surface area contributed by atoms with Crippen molar-refractivity contribution >= 4 is 28.2 Å². The van der Waals surface area contributed by atoms with Crippen LogP contribution in [-0.2, 0) is 0 Å². The summed E-state index contributed by atoms with van der Waals surface area (Å²) in [6.45, 7) is 8.21. The van der Waals surface area contributed by atoms with Crippen LogP contribution in [0.2, 0.25) is 0 Å². The molecule has 0 radical (unpaired) electrons. The largest absolute Gasteiger partial charge is 0.382 e. The van der Waals surface area contributed by atoms with Gasteiger partial charge in [-0.1, -0.05) is 11.3 Å². The number of nitrogens with zero attached hydrogens (tertiary/aromatic N) is 2. The molecule has 0 saturated carbocycles. The fourth-order valence-electron chi connectivity index (χ4n) is 2.21. The van der Waals surface area contributed by atoms with Gasteiger partial charge in [0, 0.05) is 18.6 Å². The van der Waals surface area contributed by atoms with E-state index in [9.17, 15) is 4.79 Å². The van der Waals surface area contributed by atoms with Gasteiger partial charge in [0.15, 0.2) is 5.13 Å². The molecular weight excluding hydrogens is 274 g/mol. The lowest BCUT2D eigenvalue weighted by molar-refractivity contribution is 0.0793. The van der Waals surface area contributed by atoms with Gasteiger partial charge in [-0.2, -0.15) is 0 Å². The second kappa shape index (κ2) is 5.57. The van der Waals surface area contributed by atoms with E-state index in [1.54, 1.807) is 0 Å². The highest BCUT2D eigenvalue weighted by Gasteiger charge is 2.29. The van der Waals surface area contributed by atoms with Crippen LogP contribution in [-0.4, -0.2) is 41.0 Å². The number of anilines is 2. The summed E-state index contributed by atoms with van der Waals surface area (Å²) in [5.74, 6) is 0.682. The van der Waals surface area contributed by atoms with E-state index in [1.807, 2.05) is 25.7 Å². The zero-order valence-corrected chi connectivity index (χ0v) is 13.1. The zero-order valence-electron chi connectivity index (χ0n) is 12.3. The molecule has 1 aromatic heterocycles. The standard InChI is InChI=1S/C13H23N5OS/c1-13(2,3)17-12-16-10(15)9(20-12)11(19)18-5-4-8(6-14)7-18/h8H,4-7,14-15H2,1-3H3,(H,16,17). The van der Waals surface area contributed by atoms with Gasteiger partial charge in [0.25, 0.3) is 5.91 Å². The molecule has 0 spiro atoms. The molecule has 1 amide bonds. The maximum absolute atomic E-state index is 12.5. The Morgan fingerprint density at radius 1 is 1.55 bits per heavy atom. The molecule has 0 aliphatic carbocycles. The van der Waals surface area contributed by atoms with Crippen molar-refractivity contribution in [3.05, 3.63) is 4.88 Å². The van der Waals surface area contributed by atoms with Gasteiger partial charge in [0.2, 0.25) is 0 Å². The highest BCUT2D eigenvalue weighted by Crippen LogP contribution is 2.29. The van der Waals surface area contributed by atoms with E-state index in [4.69, 9.17) is 11.5 Å². The summed E-state index contributed by atoms with van der Waals surface area (Å²) in [5, 5.41) is 3.93. The fourth-order valence-corrected chi connectivity index (χ4v) is 3.27. The Morgan fingerprint density at radius 3 is 2.80 bits per heavy atom. The number of nitrogen functional groups attached to an aromatic ring is 1. The van der Waals surface area contributed by atoms with Crippen molar-refractivity contribution in [1.82, 2.24) is 9.88 Å². The number of aromatic nitrogens is 1. The van der Waals surface area contributed by atoms with E-state index >= 15 is 0 Å². The molecule has 112 valence electrons. The number of nitrogens with two attached hydrogens (primary N) is 2. The van der Waals surface area contributed by atoms with E-state index in [0.29, 0.717) is 34.8 Å². The Morgan fingerprint density at radius 2 is 2.25 bits per heavy atom. The molecule has 20 heavy (non-hydrogen) atoms. The van der Waals surface area contributed by atoms with Crippen molar-refractivity contribution in [1.29, 1.82) is 0 Å². The quantitative estimate of drug-likeness (QED) is 0.782. The minimum atomic E-state index is -0.108. The van der Waals surface area contributed by atoms with Crippen LogP contribution in [0, 0.1) is 5.92 Å². The van der Waals surface area contributed by atoms with E-state index in [2.05, 4.69) is 10.3 Å². The SMILES string of the molecule is CC(C)(C)Nc1nc(N)c(C(=O)N2CCC(CN)C2)s1. The molecule has 1 aromatic rings. The number of hydrogen-bond donors (Lipinski definition) is 3. The molecule has 2 heterocycles. The van der Waals surface area contributed by atoms with Crippen molar-refractivity contribution in [2.75, 3.05) is 30.7 Å². The number of likely N-dealkylation sites (tertiary alicyclic amines) is 1. The van der Waals surface area contributed by atoms with Gasteiger partial charge < -0.3 is 21.7 Å². The molecule has 5 N–H and O–H groups in total. The highest BCUT2D eigenvalue weighted by molar-refractivity contribution is 7.18. The molecule has 0 aromatic carbocycles. The molecule has 1 atom stereocenters. The first-order valence-corrected chi connectivity index (χ1v) is 7.65. The molecule has 1 aliphatic heterocycles. The Balaban J connectivity index is 2.11. The lowest BCUT2D eigenvalue weighted by Gasteiger charge is -2.19. The van der Waals surface area contributed by atoms with Gasteiger partial charge in [0.1, 0.15) is 10.7 Å². The zero-order chi connectivity index (χ0) is 14.9. The summed E-state index contributed by atoms with van der Waals surface area (Å²) in [6, 6.07) is 0. The molecule has 6 nitrogen and oxygen atoms in total. The van der Waals surface area contributed by atoms with E-state index in [0.717, 1.165) is 13.0 Å². The van der Waals surface area contributed by atoms with Crippen molar-refractivity contribution in [2.24, 2.45) is 11.7 Å². The summed E-state index contributed by atoms with van der Waals surface area (Å²) in [7, 11) is 0. The average Bonchev–Trinajstić information content (AvgIpc) is 2.93. The van der Waals surface area contributed by atoms with Gasteiger partial charge in [-0.3, -0.25) is 4.79 Å². The van der Waals surface area contributed by atoms with Crippen molar-refractivity contribution in [3.63, 3.8) is 0 Å². The summed E-state index contributed by atoms with van der Waals surface area (Å²) in [4.78, 5) is 19.0. The van der Waals surface area contributed by atoms with Crippen LogP contribution in [0.1, 0.15) is 36.9 Å². The van der Waals surface area contributed by atoms with Crippen molar-refractivity contribution in [2.45, 2.75) is 32.7 Å². The smallest absolute Gasteiger partial charge is 0.267 e. The molecule has 1 fully saturated rings. The lowest BCUT2D eigenvalue weighted by Crippen LogP contribution is -2.29. The predicted molar refractivity (Wildman–Crippen MR) is 83.0 cm³/mol. The minimum Gasteiger partial charge on any atom is -0.382 e. The normalized spacial score (nSPS) is 19.4. The average molecular weight is 297 g/mol. The van der Waals surface area contributed by atoms with Gasteiger partial charge in [-0.25, -0.2) is 4.98 Å². The number of rotatable bonds is 3. The Kier molecular flexibility index (Phi) is 4.19. The van der Waals surface area contributed by atoms with Crippen molar-refractivity contribution in [3.8, 4) is 0 Å². The summed E-state index contributed by atoms with van der Waals surface area (Å²) < 4.78 is 0. The first-order chi connectivity index (χ1) is 9.30. The summed E-state index contributed by atoms with van der Waals surface area (Å²) in [6.07, 6.45) is 0.966. The van der Waals surface area contributed by atoms with Crippen LogP contribution in [0.3, 0.4) is 0 Å². The first kappa shape index (κ1) is 15.1. The number of carbonyl (C=O) groups is 1. The summed E-state index contributed by atoms with van der Waals surface area (Å²) in [5.41, 5.74) is 11.4. The molecule has 1 unspecified atom stereocenters. The van der Waals surface area contributed by atoms with Gasteiger partial charge in [0.05, 0.1) is 0 Å². The van der Waals surface area contributed by atoms with Gasteiger partial charge >= 0.3 is 0 Å². The van der Waals surface area contributed by atoms with E-state index in [-0.39, 0.29) is 11.4 Å². The number of hydrogen-bond acceptors (Lipinski definition) is 6. The Labute approximate surface area is 123 Å². The minimum absolute atomic E-state index is 0.0297. The lowest BCUT2D eigenvalue weighted by atomic mass is 10.1. The second-order valence-electron chi connectivity index (χ2n) is 6.25. The predicted octanol–water partition coefficient (Wildman–Crippen LogP) is 1.36. The highest BCUT2D eigenvalue weighted by atomic mass is 32.1. The number of nitrogens with one attached hydrogen (secondary N) is 1. The maximum atomic E-state index is 12.5. The fraction of sp³-hybridized carbons (Fsp3) is 0.692. The number of amides is 1. The third-order valence-corrected chi connectivity index (χ3v) is 4.21. The molecule has 7 heteroatoms. The topological polar surface area (TPSA) is 97.3 Å². The summed E-state index contributed by atoms with van der Waals surface area (Å²) >= 11 is 1.32. The number of carbonyl (C=O) groups excluding carboxylic acids is 1. The van der Waals surface area contributed by atoms with E-state index < -0.39 is 0 Å². The monoisotopic (exact) mass is 297 g/mol. The van der Waals surface area contributed by atoms with E-state index in [1.165, 1.54) is 11.3 Å². The molecule has 1 aliphatic rings. The molecular formula is C13H23N5OS. The second-order valence-corrected chi connectivity index (χ2v) is 7.25. The van der Waals surface area contributed by atoms with Crippen LogP contribution >= 0.6 is 11.3 Å². The Hall–Kier alpha value is -1.34. The third kappa shape index (κ3) is 3.40. The van der Waals surface area contributed by atoms with Gasteiger partial charge in [-0.05, 0) is 39.7 Å². The molecule has 2 rings (SSSR count).